The van der Waals surface area contributed by atoms with Crippen LogP contribution in [0.1, 0.15) is 130 Å². The van der Waals surface area contributed by atoms with Gasteiger partial charge >= 0.3 is 22.3 Å². The second kappa shape index (κ2) is 30.3. The minimum absolute atomic E-state index is 0. The summed E-state index contributed by atoms with van der Waals surface area (Å²) in [6.45, 7) is 5.77. The zero-order valence-electron chi connectivity index (χ0n) is 34.1. The number of carboxylic acid groups (broad SMARTS) is 2. The molecule has 1 radical (unpaired) electrons. The van der Waals surface area contributed by atoms with Crippen molar-refractivity contribution in [2.24, 2.45) is 0 Å². The van der Waals surface area contributed by atoms with E-state index in [9.17, 15) is 57.1 Å². The standard InChI is InChI=1S/C36H64N4O15S.K/c1-5-7-9-11-13-14-16-18-29(43)40(19-17-15-12-10-8-6-2)35-31(39-28(42)20-26(21-30(44)45)38-34(47)24(3)37-23-41)33(54-25(4)36(48)49)32(46)27(55-35)22-53-56(50,51)52;/h23-27,31-33,35,46H,5-22H2,1-4H3,(H,37,41)(H,38,47)(H,39,42)(H,44,45)(H,48,49)(H,50,51,52);/t24?,25-,26+,27?,31?,32?,33?,35?;/m0./s1. The Bertz CT molecular complexity index is 1340. The molecule has 8 atom stereocenters. The fourth-order valence-electron chi connectivity index (χ4n) is 6.29. The summed E-state index contributed by atoms with van der Waals surface area (Å²) in [5.41, 5.74) is 0. The van der Waals surface area contributed by atoms with E-state index < -0.39 is 108 Å². The van der Waals surface area contributed by atoms with Gasteiger partial charge in [-0.3, -0.25) is 28.5 Å². The second-order valence-electron chi connectivity index (χ2n) is 14.2. The van der Waals surface area contributed by atoms with Crippen LogP contribution in [-0.2, 0) is 52.8 Å². The average Bonchev–Trinajstić information content (AvgIpc) is 3.11. The van der Waals surface area contributed by atoms with Gasteiger partial charge < -0.3 is 45.6 Å². The maximum absolute atomic E-state index is 14.1. The van der Waals surface area contributed by atoms with Crippen LogP contribution >= 0.6 is 0 Å². The first-order valence-corrected chi connectivity index (χ1v) is 21.0. The zero-order chi connectivity index (χ0) is 42.3. The number of carbonyl (C=O) groups is 6. The predicted molar refractivity (Wildman–Crippen MR) is 207 cm³/mol. The molecule has 4 amide bonds. The predicted octanol–water partition coefficient (Wildman–Crippen LogP) is 1.67. The van der Waals surface area contributed by atoms with Gasteiger partial charge in [0.25, 0.3) is 0 Å². The smallest absolute Gasteiger partial charge is 0.397 e. The van der Waals surface area contributed by atoms with Crippen LogP contribution in [0.2, 0.25) is 0 Å². The number of carboxylic acids is 2. The molecule has 0 aromatic heterocycles. The number of nitrogens with zero attached hydrogens (tertiary/aromatic N) is 1. The number of nitrogens with one attached hydrogen (secondary N) is 3. The molecule has 1 heterocycles. The molecule has 6 unspecified atom stereocenters. The monoisotopic (exact) mass is 863 g/mol. The van der Waals surface area contributed by atoms with E-state index in [-0.39, 0.29) is 70.8 Å². The number of unbranched alkanes of at least 4 members (excludes halogenated alkanes) is 11. The Morgan fingerprint density at radius 1 is 0.877 bits per heavy atom. The Hall–Kier alpha value is -1.79. The SMILES string of the molecule is CCCCCCCCCC(=O)N(CCCCCCCC)C1OC(COS(=O)(=O)O)C(O)C(O[C@@H](C)C(=O)O)C1NC(=O)C[C@H](CC(=O)O)NC(=O)C(C)NC=O.[K]. The van der Waals surface area contributed by atoms with Crippen molar-refractivity contribution in [3.8, 4) is 0 Å². The second-order valence-corrected chi connectivity index (χ2v) is 15.3. The van der Waals surface area contributed by atoms with E-state index in [0.29, 0.717) is 19.3 Å². The maximum Gasteiger partial charge on any atom is 0.397 e. The molecule has 1 aliphatic rings. The van der Waals surface area contributed by atoms with Crippen LogP contribution in [0.4, 0.5) is 0 Å². The number of hydrogen-bond donors (Lipinski definition) is 7. The number of aliphatic hydroxyl groups is 1. The van der Waals surface area contributed by atoms with Crippen LogP contribution < -0.4 is 16.0 Å². The van der Waals surface area contributed by atoms with E-state index in [1.807, 2.05) is 0 Å². The van der Waals surface area contributed by atoms with Gasteiger partial charge in [-0.1, -0.05) is 84.5 Å². The van der Waals surface area contributed by atoms with Gasteiger partial charge in [0, 0.05) is 76.8 Å². The Morgan fingerprint density at radius 3 is 1.96 bits per heavy atom. The molecule has 0 saturated carbocycles. The van der Waals surface area contributed by atoms with E-state index in [1.165, 1.54) is 11.8 Å². The number of hydrogen-bond acceptors (Lipinski definition) is 12. The number of rotatable bonds is 31. The van der Waals surface area contributed by atoms with E-state index in [4.69, 9.17) is 9.47 Å². The molecule has 0 aliphatic carbocycles. The summed E-state index contributed by atoms with van der Waals surface area (Å²) in [7, 11) is -5.06. The summed E-state index contributed by atoms with van der Waals surface area (Å²) in [6, 6.07) is -3.92. The van der Waals surface area contributed by atoms with Crippen LogP contribution in [0, 0.1) is 0 Å². The van der Waals surface area contributed by atoms with Gasteiger partial charge in [-0.25, -0.2) is 8.98 Å². The van der Waals surface area contributed by atoms with Crippen molar-refractivity contribution in [1.82, 2.24) is 20.9 Å². The van der Waals surface area contributed by atoms with E-state index in [0.717, 1.165) is 71.1 Å². The summed E-state index contributed by atoms with van der Waals surface area (Å²) in [5, 5.41) is 37.9. The fourth-order valence-corrected chi connectivity index (χ4v) is 6.60. The summed E-state index contributed by atoms with van der Waals surface area (Å²) < 4.78 is 48.8. The maximum atomic E-state index is 14.1. The quantitative estimate of drug-likeness (QED) is 0.0226. The van der Waals surface area contributed by atoms with Gasteiger partial charge in [-0.15, -0.1) is 0 Å². The Morgan fingerprint density at radius 2 is 1.44 bits per heavy atom. The van der Waals surface area contributed by atoms with Crippen LogP contribution in [0.5, 0.6) is 0 Å². The molecule has 0 aromatic rings. The molecule has 57 heavy (non-hydrogen) atoms. The molecule has 1 saturated heterocycles. The summed E-state index contributed by atoms with van der Waals surface area (Å²) in [5.74, 6) is -4.93. The first-order chi connectivity index (χ1) is 26.4. The van der Waals surface area contributed by atoms with Crippen LogP contribution in [-0.4, -0.2) is 183 Å². The fraction of sp³-hybridized carbons (Fsp3) is 0.833. The largest absolute Gasteiger partial charge is 0.481 e. The number of aliphatic hydroxyl groups excluding tert-OH is 1. The third-order valence-corrected chi connectivity index (χ3v) is 9.83. The first-order valence-electron chi connectivity index (χ1n) is 19.6. The molecule has 1 fully saturated rings. The summed E-state index contributed by atoms with van der Waals surface area (Å²) >= 11 is 0. The van der Waals surface area contributed by atoms with Gasteiger partial charge in [0.2, 0.25) is 24.1 Å². The van der Waals surface area contributed by atoms with Crippen molar-refractivity contribution in [1.29, 1.82) is 0 Å². The minimum atomic E-state index is -5.06. The third kappa shape index (κ3) is 23.0. The molecule has 325 valence electrons. The van der Waals surface area contributed by atoms with Crippen molar-refractivity contribution in [2.45, 2.75) is 179 Å². The number of ether oxygens (including phenoxy) is 2. The van der Waals surface area contributed by atoms with Gasteiger partial charge in [-0.05, 0) is 26.7 Å². The molecule has 1 rings (SSSR count). The Kier molecular flexibility index (Phi) is 29.3. The Balaban J connectivity index is 0.0000314. The van der Waals surface area contributed by atoms with Crippen molar-refractivity contribution in [3.63, 3.8) is 0 Å². The van der Waals surface area contributed by atoms with Crippen molar-refractivity contribution < 1.29 is 70.7 Å². The van der Waals surface area contributed by atoms with E-state index in [1.54, 1.807) is 0 Å². The average molecular weight is 864 g/mol. The van der Waals surface area contributed by atoms with Crippen LogP contribution in [0.3, 0.4) is 0 Å². The number of amides is 4. The van der Waals surface area contributed by atoms with Crippen LogP contribution in [0.15, 0.2) is 0 Å². The molecule has 19 nitrogen and oxygen atoms in total. The molecular weight excluding hydrogens is 800 g/mol. The van der Waals surface area contributed by atoms with Gasteiger partial charge in [-0.2, -0.15) is 8.42 Å². The van der Waals surface area contributed by atoms with Gasteiger partial charge in [0.1, 0.15) is 30.4 Å². The zero-order valence-corrected chi connectivity index (χ0v) is 38.0. The third-order valence-electron chi connectivity index (χ3n) is 9.40. The van der Waals surface area contributed by atoms with Crippen molar-refractivity contribution in [2.75, 3.05) is 13.2 Å². The normalized spacial score (nSPS) is 20.9. The van der Waals surface area contributed by atoms with Gasteiger partial charge in [0.05, 0.1) is 13.0 Å². The van der Waals surface area contributed by atoms with Gasteiger partial charge in [0.15, 0.2) is 12.3 Å². The first kappa shape index (κ1) is 55.2. The molecule has 1 aliphatic heterocycles. The van der Waals surface area contributed by atoms with E-state index in [2.05, 4.69) is 34.0 Å². The van der Waals surface area contributed by atoms with Crippen molar-refractivity contribution >= 4 is 97.9 Å². The van der Waals surface area contributed by atoms with Crippen LogP contribution in [0.25, 0.3) is 0 Å². The van der Waals surface area contributed by atoms with E-state index >= 15 is 0 Å². The summed E-state index contributed by atoms with van der Waals surface area (Å²) in [4.78, 5) is 76.2. The minimum Gasteiger partial charge on any atom is -0.481 e. The Labute approximate surface area is 378 Å². The number of aliphatic carboxylic acids is 2. The van der Waals surface area contributed by atoms with Crippen molar-refractivity contribution in [3.05, 3.63) is 0 Å². The molecule has 0 aromatic carbocycles. The molecular formula is C36H64KN4O15S. The molecule has 21 heteroatoms. The molecule has 0 bridgehead atoms. The summed E-state index contributed by atoms with van der Waals surface area (Å²) in [6.07, 6.45) is 2.11. The molecule has 7 N–H and O–H groups in total. The topological polar surface area (TPSA) is 284 Å². The molecule has 0 spiro atoms. The number of carbonyl (C=O) groups excluding carboxylic acids is 4.